The molecule has 0 bridgehead atoms. The molecule has 0 aliphatic heterocycles. The Morgan fingerprint density at radius 2 is 2.30 bits per heavy atom. The number of rotatable bonds is 2. The SMILES string of the molecule is COC(=O)C(N)C1(O)CC1. The molecule has 0 aromatic carbocycles. The van der Waals surface area contributed by atoms with E-state index in [0.717, 1.165) is 0 Å². The van der Waals surface area contributed by atoms with Crippen molar-refractivity contribution in [2.45, 2.75) is 24.5 Å². The monoisotopic (exact) mass is 145 g/mol. The summed E-state index contributed by atoms with van der Waals surface area (Å²) in [4.78, 5) is 10.7. The second-order valence-electron chi connectivity index (χ2n) is 2.60. The van der Waals surface area contributed by atoms with Gasteiger partial charge in [-0.05, 0) is 12.8 Å². The molecule has 0 aromatic heterocycles. The molecule has 3 N–H and O–H groups in total. The van der Waals surface area contributed by atoms with E-state index in [4.69, 9.17) is 5.73 Å². The van der Waals surface area contributed by atoms with Crippen molar-refractivity contribution in [3.05, 3.63) is 0 Å². The van der Waals surface area contributed by atoms with Gasteiger partial charge < -0.3 is 15.6 Å². The molecule has 1 saturated carbocycles. The van der Waals surface area contributed by atoms with Gasteiger partial charge in [-0.3, -0.25) is 4.79 Å². The van der Waals surface area contributed by atoms with Gasteiger partial charge >= 0.3 is 5.97 Å². The summed E-state index contributed by atoms with van der Waals surface area (Å²) in [6.45, 7) is 0. The highest BCUT2D eigenvalue weighted by Crippen LogP contribution is 2.37. The van der Waals surface area contributed by atoms with Gasteiger partial charge in [0.2, 0.25) is 0 Å². The molecule has 0 radical (unpaired) electrons. The van der Waals surface area contributed by atoms with E-state index in [2.05, 4.69) is 4.74 Å². The quantitative estimate of drug-likeness (QED) is 0.489. The first-order valence-corrected chi connectivity index (χ1v) is 3.16. The van der Waals surface area contributed by atoms with Crippen molar-refractivity contribution in [2.24, 2.45) is 5.73 Å². The van der Waals surface area contributed by atoms with Crippen LogP contribution in [-0.2, 0) is 9.53 Å². The van der Waals surface area contributed by atoms with Crippen LogP contribution in [0.1, 0.15) is 12.8 Å². The lowest BCUT2D eigenvalue weighted by Crippen LogP contribution is -2.44. The highest BCUT2D eigenvalue weighted by molar-refractivity contribution is 5.77. The predicted molar refractivity (Wildman–Crippen MR) is 34.2 cm³/mol. The van der Waals surface area contributed by atoms with E-state index in [0.29, 0.717) is 12.8 Å². The van der Waals surface area contributed by atoms with E-state index in [1.54, 1.807) is 0 Å². The van der Waals surface area contributed by atoms with Gasteiger partial charge in [-0.25, -0.2) is 0 Å². The Morgan fingerprint density at radius 1 is 1.80 bits per heavy atom. The highest BCUT2D eigenvalue weighted by atomic mass is 16.5. The van der Waals surface area contributed by atoms with Gasteiger partial charge in [0.15, 0.2) is 0 Å². The molecule has 1 atom stereocenters. The summed E-state index contributed by atoms with van der Waals surface area (Å²) >= 11 is 0. The van der Waals surface area contributed by atoms with Crippen molar-refractivity contribution in [1.82, 2.24) is 0 Å². The van der Waals surface area contributed by atoms with Crippen molar-refractivity contribution < 1.29 is 14.6 Å². The Balaban J connectivity index is 2.48. The predicted octanol–water partition coefficient (Wildman–Crippen LogP) is -0.988. The molecule has 0 saturated heterocycles. The third-order valence-electron chi connectivity index (χ3n) is 1.80. The first-order valence-electron chi connectivity index (χ1n) is 3.16. The number of hydrogen-bond acceptors (Lipinski definition) is 4. The number of aliphatic hydroxyl groups is 1. The van der Waals surface area contributed by atoms with Crippen LogP contribution in [0.15, 0.2) is 0 Å². The first kappa shape index (κ1) is 7.50. The molecular formula is C6H11NO3. The smallest absolute Gasteiger partial charge is 0.325 e. The van der Waals surface area contributed by atoms with E-state index in [1.807, 2.05) is 0 Å². The van der Waals surface area contributed by atoms with Gasteiger partial charge in [0.05, 0.1) is 12.7 Å². The molecule has 1 aliphatic carbocycles. The van der Waals surface area contributed by atoms with E-state index in [9.17, 15) is 9.90 Å². The van der Waals surface area contributed by atoms with Gasteiger partial charge in [-0.2, -0.15) is 0 Å². The lowest BCUT2D eigenvalue weighted by Gasteiger charge is -2.13. The molecule has 0 aromatic rings. The van der Waals surface area contributed by atoms with Crippen LogP contribution >= 0.6 is 0 Å². The first-order chi connectivity index (χ1) is 4.60. The van der Waals surface area contributed by atoms with E-state index in [1.165, 1.54) is 7.11 Å². The summed E-state index contributed by atoms with van der Waals surface area (Å²) in [5, 5.41) is 9.27. The standard InChI is InChI=1S/C6H11NO3/c1-10-5(8)4(7)6(9)2-3-6/h4,9H,2-3,7H2,1H3. The Morgan fingerprint density at radius 3 is 2.60 bits per heavy atom. The molecule has 0 spiro atoms. The number of ether oxygens (including phenoxy) is 1. The number of carbonyl (C=O) groups is 1. The molecule has 10 heavy (non-hydrogen) atoms. The minimum Gasteiger partial charge on any atom is -0.468 e. The summed E-state index contributed by atoms with van der Waals surface area (Å²) in [6, 6.07) is -0.863. The van der Waals surface area contributed by atoms with Crippen LogP contribution in [0.3, 0.4) is 0 Å². The maximum Gasteiger partial charge on any atom is 0.325 e. The average Bonchev–Trinajstić information content (AvgIpc) is 2.66. The number of hydrogen-bond donors (Lipinski definition) is 2. The number of methoxy groups -OCH3 is 1. The van der Waals surface area contributed by atoms with Crippen LogP contribution in [0.4, 0.5) is 0 Å². The van der Waals surface area contributed by atoms with Crippen molar-refractivity contribution in [2.75, 3.05) is 7.11 Å². The Labute approximate surface area is 59.0 Å². The molecule has 0 amide bonds. The zero-order valence-electron chi connectivity index (χ0n) is 5.83. The third-order valence-corrected chi connectivity index (χ3v) is 1.80. The minimum absolute atomic E-state index is 0.542. The van der Waals surface area contributed by atoms with Crippen LogP contribution in [0.5, 0.6) is 0 Å². The summed E-state index contributed by atoms with van der Waals surface area (Å²) in [5.74, 6) is -0.542. The Hall–Kier alpha value is -0.610. The molecule has 4 nitrogen and oxygen atoms in total. The summed E-state index contributed by atoms with van der Waals surface area (Å²) in [6.07, 6.45) is 1.20. The van der Waals surface area contributed by atoms with Crippen LogP contribution in [0.25, 0.3) is 0 Å². The van der Waals surface area contributed by atoms with Crippen molar-refractivity contribution in [1.29, 1.82) is 0 Å². The molecule has 58 valence electrons. The Bertz CT molecular complexity index is 153. The van der Waals surface area contributed by atoms with Crippen LogP contribution in [0, 0.1) is 0 Å². The molecule has 4 heteroatoms. The fraction of sp³-hybridized carbons (Fsp3) is 0.833. The van der Waals surface area contributed by atoms with Crippen molar-refractivity contribution >= 4 is 5.97 Å². The van der Waals surface area contributed by atoms with E-state index >= 15 is 0 Å². The largest absolute Gasteiger partial charge is 0.468 e. The minimum atomic E-state index is -0.965. The number of nitrogens with two attached hydrogens (primary N) is 1. The fourth-order valence-corrected chi connectivity index (χ4v) is 0.785. The van der Waals surface area contributed by atoms with Crippen molar-refractivity contribution in [3.63, 3.8) is 0 Å². The molecule has 1 aliphatic rings. The Kier molecular flexibility index (Phi) is 1.66. The van der Waals surface area contributed by atoms with Gasteiger partial charge in [0.1, 0.15) is 6.04 Å². The topological polar surface area (TPSA) is 72.5 Å². The average molecular weight is 145 g/mol. The van der Waals surface area contributed by atoms with Crippen LogP contribution in [-0.4, -0.2) is 29.8 Å². The number of esters is 1. The zero-order chi connectivity index (χ0) is 7.78. The number of carbonyl (C=O) groups excluding carboxylic acids is 1. The second-order valence-corrected chi connectivity index (χ2v) is 2.60. The molecule has 0 heterocycles. The summed E-state index contributed by atoms with van der Waals surface area (Å²) < 4.78 is 4.35. The lowest BCUT2D eigenvalue weighted by atomic mass is 10.1. The molecule has 1 fully saturated rings. The third kappa shape index (κ3) is 1.12. The van der Waals surface area contributed by atoms with Gasteiger partial charge in [0.25, 0.3) is 0 Å². The fourth-order valence-electron chi connectivity index (χ4n) is 0.785. The van der Waals surface area contributed by atoms with Crippen LogP contribution < -0.4 is 5.73 Å². The molecule has 1 unspecified atom stereocenters. The maximum atomic E-state index is 10.7. The molecular weight excluding hydrogens is 134 g/mol. The van der Waals surface area contributed by atoms with E-state index in [-0.39, 0.29) is 0 Å². The van der Waals surface area contributed by atoms with Gasteiger partial charge in [-0.15, -0.1) is 0 Å². The normalized spacial score (nSPS) is 23.5. The second kappa shape index (κ2) is 2.21. The van der Waals surface area contributed by atoms with Crippen molar-refractivity contribution in [3.8, 4) is 0 Å². The lowest BCUT2D eigenvalue weighted by molar-refractivity contribution is -0.145. The highest BCUT2D eigenvalue weighted by Gasteiger charge is 2.49. The summed E-state index contributed by atoms with van der Waals surface area (Å²) in [5.41, 5.74) is 4.38. The molecule has 1 rings (SSSR count). The maximum absolute atomic E-state index is 10.7. The van der Waals surface area contributed by atoms with E-state index < -0.39 is 17.6 Å². The van der Waals surface area contributed by atoms with Crippen LogP contribution in [0.2, 0.25) is 0 Å². The van der Waals surface area contributed by atoms with Gasteiger partial charge in [-0.1, -0.05) is 0 Å². The summed E-state index contributed by atoms with van der Waals surface area (Å²) in [7, 11) is 1.26. The zero-order valence-corrected chi connectivity index (χ0v) is 5.83. The van der Waals surface area contributed by atoms with Gasteiger partial charge in [0, 0.05) is 0 Å².